The van der Waals surface area contributed by atoms with E-state index in [4.69, 9.17) is 11.0 Å². The predicted octanol–water partition coefficient (Wildman–Crippen LogP) is 1.98. The Labute approximate surface area is 83.8 Å². The summed E-state index contributed by atoms with van der Waals surface area (Å²) in [6.07, 6.45) is 0.738. The Kier molecular flexibility index (Phi) is 3.10. The van der Waals surface area contributed by atoms with Crippen molar-refractivity contribution in [3.63, 3.8) is 0 Å². The van der Waals surface area contributed by atoms with E-state index >= 15 is 0 Å². The molecule has 0 aliphatic carbocycles. The second kappa shape index (κ2) is 4.12. The third-order valence-corrected chi connectivity index (χ3v) is 2.30. The van der Waals surface area contributed by atoms with Crippen LogP contribution in [0.25, 0.3) is 0 Å². The van der Waals surface area contributed by atoms with Crippen molar-refractivity contribution < 1.29 is 5.11 Å². The van der Waals surface area contributed by atoms with Crippen LogP contribution in [0.5, 0.6) is 5.75 Å². The number of phenolic OH excluding ortho intramolecular Hbond substituents is 1. The molecule has 0 aliphatic heterocycles. The fourth-order valence-electron chi connectivity index (χ4n) is 1.37. The number of hydrogen-bond donors (Lipinski definition) is 2. The van der Waals surface area contributed by atoms with Gasteiger partial charge in [0.2, 0.25) is 0 Å². The molecule has 1 aromatic rings. The summed E-state index contributed by atoms with van der Waals surface area (Å²) in [6.45, 7) is 3.71. The Balaban J connectivity index is 3.28. The summed E-state index contributed by atoms with van der Waals surface area (Å²) < 4.78 is 0. The topological polar surface area (TPSA) is 70.0 Å². The van der Waals surface area contributed by atoms with Crippen molar-refractivity contribution in [1.82, 2.24) is 0 Å². The quantitative estimate of drug-likeness (QED) is 0.749. The molecule has 0 heterocycles. The number of nitrogens with zero attached hydrogens (tertiary/aromatic N) is 1. The summed E-state index contributed by atoms with van der Waals surface area (Å²) in [5.41, 5.74) is 7.71. The van der Waals surface area contributed by atoms with E-state index in [0.29, 0.717) is 16.7 Å². The summed E-state index contributed by atoms with van der Waals surface area (Å²) in [5.74, 6) is 0.207. The summed E-state index contributed by atoms with van der Waals surface area (Å²) in [7, 11) is 0. The second-order valence-corrected chi connectivity index (χ2v) is 3.36. The average Bonchev–Trinajstić information content (AvgIpc) is 2.20. The number of phenols is 1. The Bertz CT molecular complexity index is 380. The van der Waals surface area contributed by atoms with Crippen molar-refractivity contribution in [1.29, 1.82) is 5.26 Å². The third kappa shape index (κ3) is 1.86. The Morgan fingerprint density at radius 1 is 1.57 bits per heavy atom. The molecular weight excluding hydrogens is 176 g/mol. The lowest BCUT2D eigenvalue weighted by Crippen LogP contribution is -2.09. The Morgan fingerprint density at radius 2 is 2.21 bits per heavy atom. The van der Waals surface area contributed by atoms with E-state index in [1.807, 2.05) is 13.0 Å². The molecule has 0 saturated carbocycles. The number of rotatable bonds is 2. The molecular formula is C11H14N2O. The fourth-order valence-corrected chi connectivity index (χ4v) is 1.37. The smallest absolute Gasteiger partial charge is 0.123 e. The van der Waals surface area contributed by atoms with Gasteiger partial charge in [0.25, 0.3) is 0 Å². The highest BCUT2D eigenvalue weighted by Gasteiger charge is 2.12. The highest BCUT2D eigenvalue weighted by atomic mass is 16.3. The molecule has 0 spiro atoms. The van der Waals surface area contributed by atoms with E-state index in [0.717, 1.165) is 6.42 Å². The van der Waals surface area contributed by atoms with E-state index in [2.05, 4.69) is 0 Å². The molecule has 3 N–H and O–H groups in total. The van der Waals surface area contributed by atoms with Crippen LogP contribution in [0.3, 0.4) is 0 Å². The van der Waals surface area contributed by atoms with Crippen LogP contribution < -0.4 is 5.73 Å². The summed E-state index contributed by atoms with van der Waals surface area (Å²) in [6, 6.07) is 5.14. The minimum Gasteiger partial charge on any atom is -0.507 e. The maximum Gasteiger partial charge on any atom is 0.123 e. The van der Waals surface area contributed by atoms with Crippen LogP contribution in [-0.4, -0.2) is 5.11 Å². The highest BCUT2D eigenvalue weighted by molar-refractivity contribution is 5.48. The second-order valence-electron chi connectivity index (χ2n) is 3.36. The van der Waals surface area contributed by atoms with Crippen molar-refractivity contribution >= 4 is 0 Å². The molecule has 14 heavy (non-hydrogen) atoms. The zero-order valence-corrected chi connectivity index (χ0v) is 8.41. The minimum atomic E-state index is -0.206. The minimum absolute atomic E-state index is 0.206. The van der Waals surface area contributed by atoms with E-state index in [9.17, 15) is 5.11 Å². The monoisotopic (exact) mass is 190 g/mol. The highest BCUT2D eigenvalue weighted by Crippen LogP contribution is 2.29. The maximum atomic E-state index is 9.73. The van der Waals surface area contributed by atoms with Gasteiger partial charge in [0, 0.05) is 11.6 Å². The van der Waals surface area contributed by atoms with E-state index in [1.165, 1.54) is 0 Å². The molecule has 0 fully saturated rings. The van der Waals surface area contributed by atoms with Crippen LogP contribution in [0, 0.1) is 18.3 Å². The maximum absolute atomic E-state index is 9.73. The standard InChI is InChI=1S/C11H14N2O/c1-3-10(13)9-5-8(6-12)4-7(2)11(9)14/h4-5,10,14H,3,13H2,1-2H3/t10-/m1/s1. The molecule has 3 nitrogen and oxygen atoms in total. The van der Waals surface area contributed by atoms with Crippen molar-refractivity contribution in [2.45, 2.75) is 26.3 Å². The molecule has 0 bridgehead atoms. The number of aryl methyl sites for hydroxylation is 1. The first-order valence-electron chi connectivity index (χ1n) is 4.59. The summed E-state index contributed by atoms with van der Waals surface area (Å²) in [4.78, 5) is 0. The van der Waals surface area contributed by atoms with E-state index < -0.39 is 0 Å². The van der Waals surface area contributed by atoms with Gasteiger partial charge >= 0.3 is 0 Å². The van der Waals surface area contributed by atoms with Crippen molar-refractivity contribution in [3.05, 3.63) is 28.8 Å². The molecule has 1 rings (SSSR count). The SMILES string of the molecule is CC[C@@H](N)c1cc(C#N)cc(C)c1O. The zero-order chi connectivity index (χ0) is 10.7. The zero-order valence-electron chi connectivity index (χ0n) is 8.41. The van der Waals surface area contributed by atoms with Crippen LogP contribution in [0.4, 0.5) is 0 Å². The number of nitriles is 1. The summed E-state index contributed by atoms with van der Waals surface area (Å²) in [5, 5.41) is 18.5. The first-order chi connectivity index (χ1) is 6.60. The number of hydrogen-bond acceptors (Lipinski definition) is 3. The molecule has 1 atom stereocenters. The largest absolute Gasteiger partial charge is 0.507 e. The average molecular weight is 190 g/mol. The molecule has 0 radical (unpaired) electrons. The molecule has 0 aliphatic rings. The van der Waals surface area contributed by atoms with Gasteiger partial charge in [-0.1, -0.05) is 6.92 Å². The fraction of sp³-hybridized carbons (Fsp3) is 0.364. The first-order valence-corrected chi connectivity index (χ1v) is 4.59. The van der Waals surface area contributed by atoms with E-state index in [1.54, 1.807) is 19.1 Å². The Hall–Kier alpha value is -1.53. The van der Waals surface area contributed by atoms with Gasteiger partial charge in [0.05, 0.1) is 11.6 Å². The van der Waals surface area contributed by atoms with Gasteiger partial charge < -0.3 is 10.8 Å². The van der Waals surface area contributed by atoms with Crippen LogP contribution in [0.2, 0.25) is 0 Å². The molecule has 0 amide bonds. The van der Waals surface area contributed by atoms with Crippen LogP contribution in [0.15, 0.2) is 12.1 Å². The molecule has 1 aromatic carbocycles. The van der Waals surface area contributed by atoms with Gasteiger partial charge in [-0.25, -0.2) is 0 Å². The van der Waals surface area contributed by atoms with Crippen molar-refractivity contribution in [3.8, 4) is 11.8 Å². The van der Waals surface area contributed by atoms with Gasteiger partial charge in [0.1, 0.15) is 5.75 Å². The molecule has 74 valence electrons. The van der Waals surface area contributed by atoms with Gasteiger partial charge in [-0.2, -0.15) is 5.26 Å². The van der Waals surface area contributed by atoms with Crippen LogP contribution >= 0.6 is 0 Å². The van der Waals surface area contributed by atoms with Crippen molar-refractivity contribution in [2.24, 2.45) is 5.73 Å². The number of aromatic hydroxyl groups is 1. The first kappa shape index (κ1) is 10.6. The third-order valence-electron chi connectivity index (χ3n) is 2.30. The van der Waals surface area contributed by atoms with Crippen LogP contribution in [0.1, 0.15) is 36.1 Å². The lowest BCUT2D eigenvalue weighted by Gasteiger charge is -2.13. The van der Waals surface area contributed by atoms with E-state index in [-0.39, 0.29) is 11.8 Å². The molecule has 0 saturated heterocycles. The van der Waals surface area contributed by atoms with Gasteiger partial charge in [-0.3, -0.25) is 0 Å². The van der Waals surface area contributed by atoms with Gasteiger partial charge in [-0.05, 0) is 31.0 Å². The summed E-state index contributed by atoms with van der Waals surface area (Å²) >= 11 is 0. The number of benzene rings is 1. The molecule has 3 heteroatoms. The normalized spacial score (nSPS) is 12.1. The predicted molar refractivity (Wildman–Crippen MR) is 54.8 cm³/mol. The lowest BCUT2D eigenvalue weighted by atomic mass is 9.99. The lowest BCUT2D eigenvalue weighted by molar-refractivity contribution is 0.456. The van der Waals surface area contributed by atoms with Crippen molar-refractivity contribution in [2.75, 3.05) is 0 Å². The Morgan fingerprint density at radius 3 is 2.71 bits per heavy atom. The van der Waals surface area contributed by atoms with Gasteiger partial charge in [-0.15, -0.1) is 0 Å². The molecule has 0 unspecified atom stereocenters. The molecule has 0 aromatic heterocycles. The number of nitrogens with two attached hydrogens (primary N) is 1. The van der Waals surface area contributed by atoms with Gasteiger partial charge in [0.15, 0.2) is 0 Å². The van der Waals surface area contributed by atoms with Crippen LogP contribution in [-0.2, 0) is 0 Å².